The second-order valence-corrected chi connectivity index (χ2v) is 7.40. The maximum atomic E-state index is 13.5. The number of halogens is 5. The molecule has 0 radical (unpaired) electrons. The molecule has 0 aliphatic rings. The molecule has 0 amide bonds. The van der Waals surface area contributed by atoms with Crippen molar-refractivity contribution in [3.8, 4) is 5.75 Å². The van der Waals surface area contributed by atoms with Crippen molar-refractivity contribution in [2.45, 2.75) is 46.0 Å². The van der Waals surface area contributed by atoms with Gasteiger partial charge < -0.3 is 4.18 Å². The third-order valence-electron chi connectivity index (χ3n) is 3.83. The summed E-state index contributed by atoms with van der Waals surface area (Å²) >= 11 is 0. The quantitative estimate of drug-likeness (QED) is 0.254. The molecule has 0 aliphatic carbocycles. The molecule has 1 rings (SSSR count). The van der Waals surface area contributed by atoms with Crippen molar-refractivity contribution in [1.82, 2.24) is 0 Å². The number of carbonyl (C=O) groups is 1. The minimum Gasteiger partial charge on any atom is -0.376 e. The molecule has 0 heterocycles. The number of hydrogen-bond acceptors (Lipinski definition) is 4. The van der Waals surface area contributed by atoms with Crippen molar-refractivity contribution in [3.63, 3.8) is 0 Å². The summed E-state index contributed by atoms with van der Waals surface area (Å²) in [5, 5.41) is 0. The van der Waals surface area contributed by atoms with Crippen LogP contribution in [0.5, 0.6) is 5.75 Å². The van der Waals surface area contributed by atoms with Crippen molar-refractivity contribution in [3.05, 3.63) is 29.1 Å². The van der Waals surface area contributed by atoms with Gasteiger partial charge in [0, 0.05) is 12.3 Å². The van der Waals surface area contributed by atoms with Gasteiger partial charge in [-0.05, 0) is 12.8 Å². The Balaban J connectivity index is 2.90. The first-order valence-electron chi connectivity index (χ1n) is 8.01. The van der Waals surface area contributed by atoms with Gasteiger partial charge in [-0.3, -0.25) is 4.79 Å². The van der Waals surface area contributed by atoms with E-state index in [-0.39, 0.29) is 11.7 Å². The van der Waals surface area contributed by atoms with Crippen molar-refractivity contribution in [2.24, 2.45) is 5.92 Å². The van der Waals surface area contributed by atoms with Gasteiger partial charge in [0.2, 0.25) is 34.8 Å². The highest BCUT2D eigenvalue weighted by Crippen LogP contribution is 2.30. The van der Waals surface area contributed by atoms with Crippen LogP contribution in [0, 0.1) is 35.0 Å². The molecule has 1 aromatic rings. The first-order valence-corrected chi connectivity index (χ1v) is 9.59. The summed E-state index contributed by atoms with van der Waals surface area (Å²) in [5.74, 6) is -15.4. The van der Waals surface area contributed by atoms with Gasteiger partial charge in [-0.15, -0.1) is 0 Å². The van der Waals surface area contributed by atoms with Crippen LogP contribution in [0.2, 0.25) is 0 Å². The van der Waals surface area contributed by atoms with Gasteiger partial charge in [-0.2, -0.15) is 17.2 Å². The number of ketones is 1. The third-order valence-corrected chi connectivity index (χ3v) is 4.96. The summed E-state index contributed by atoms with van der Waals surface area (Å²) in [7, 11) is -4.74. The Morgan fingerprint density at radius 1 is 0.962 bits per heavy atom. The summed E-state index contributed by atoms with van der Waals surface area (Å²) in [5.41, 5.74) is 0. The Morgan fingerprint density at radius 3 is 1.92 bits per heavy atom. The second kappa shape index (κ2) is 9.29. The van der Waals surface area contributed by atoms with E-state index in [9.17, 15) is 35.2 Å². The highest BCUT2D eigenvalue weighted by Gasteiger charge is 2.30. The number of carbonyl (C=O) groups excluding carboxylic acids is 1. The monoisotopic (exact) mass is 402 g/mol. The van der Waals surface area contributed by atoms with Gasteiger partial charge >= 0.3 is 10.1 Å². The predicted octanol–water partition coefficient (Wildman–Crippen LogP) is 4.27. The van der Waals surface area contributed by atoms with Crippen LogP contribution in [0.4, 0.5) is 22.0 Å². The van der Waals surface area contributed by atoms with Crippen molar-refractivity contribution < 1.29 is 39.3 Å². The molecule has 0 saturated heterocycles. The van der Waals surface area contributed by atoms with E-state index in [1.54, 1.807) is 6.92 Å². The van der Waals surface area contributed by atoms with E-state index in [4.69, 9.17) is 0 Å². The summed E-state index contributed by atoms with van der Waals surface area (Å²) < 4.78 is 93.7. The van der Waals surface area contributed by atoms with E-state index in [1.807, 2.05) is 6.92 Å². The fraction of sp³-hybridized carbons (Fsp3) is 0.562. The van der Waals surface area contributed by atoms with E-state index >= 15 is 0 Å². The highest BCUT2D eigenvalue weighted by molar-refractivity contribution is 7.87. The van der Waals surface area contributed by atoms with Crippen LogP contribution in [0.1, 0.15) is 46.0 Å². The highest BCUT2D eigenvalue weighted by atomic mass is 32.2. The average Bonchev–Trinajstić information content (AvgIpc) is 2.61. The topological polar surface area (TPSA) is 60.4 Å². The number of unbranched alkanes of at least 4 members (excludes halogenated alkanes) is 1. The summed E-state index contributed by atoms with van der Waals surface area (Å²) in [6.07, 6.45) is 2.21. The van der Waals surface area contributed by atoms with Gasteiger partial charge in [-0.1, -0.05) is 26.7 Å². The number of Topliss-reactive ketones (excluding diaryl/α,β-unsaturated/α-hetero) is 1. The maximum absolute atomic E-state index is 13.5. The lowest BCUT2D eigenvalue weighted by molar-refractivity contribution is -0.122. The van der Waals surface area contributed by atoms with Crippen LogP contribution >= 0.6 is 0 Å². The molecule has 148 valence electrons. The lowest BCUT2D eigenvalue weighted by Gasteiger charge is -2.14. The molecule has 10 heteroatoms. The van der Waals surface area contributed by atoms with Crippen molar-refractivity contribution in [2.75, 3.05) is 5.75 Å². The molecule has 0 fully saturated rings. The third kappa shape index (κ3) is 5.39. The van der Waals surface area contributed by atoms with E-state index in [0.29, 0.717) is 12.8 Å². The molecule has 0 aliphatic heterocycles. The number of benzene rings is 1. The zero-order valence-electron chi connectivity index (χ0n) is 14.3. The number of hydrogen-bond donors (Lipinski definition) is 0. The van der Waals surface area contributed by atoms with Crippen molar-refractivity contribution in [1.29, 1.82) is 0 Å². The van der Waals surface area contributed by atoms with Gasteiger partial charge in [0.25, 0.3) is 0 Å². The van der Waals surface area contributed by atoms with Gasteiger partial charge in [0.15, 0.2) is 0 Å². The summed E-state index contributed by atoms with van der Waals surface area (Å²) in [4.78, 5) is 12.0. The fourth-order valence-electron chi connectivity index (χ4n) is 2.30. The predicted molar refractivity (Wildman–Crippen MR) is 83.6 cm³/mol. The first-order chi connectivity index (χ1) is 12.1. The fourth-order valence-corrected chi connectivity index (χ4v) is 3.23. The van der Waals surface area contributed by atoms with Gasteiger partial charge in [0.1, 0.15) is 5.78 Å². The van der Waals surface area contributed by atoms with Crippen LogP contribution in [0.3, 0.4) is 0 Å². The Kier molecular flexibility index (Phi) is 7.98. The second-order valence-electron chi connectivity index (χ2n) is 5.71. The molecule has 0 aromatic heterocycles. The van der Waals surface area contributed by atoms with Crippen LogP contribution in [0.15, 0.2) is 0 Å². The molecule has 0 N–H and O–H groups in total. The lowest BCUT2D eigenvalue weighted by atomic mass is 9.93. The normalized spacial score (nSPS) is 12.9. The molecule has 4 nitrogen and oxygen atoms in total. The molecule has 0 saturated carbocycles. The standard InChI is InChI=1S/C16H19F5O4S/c1-3-5-6-9(4-2)10(22)7-8-26(23,24)25-16-14(20)12(18)11(17)13(19)15(16)21/h9H,3-8H2,1-2H3. The molecule has 1 unspecified atom stereocenters. The zero-order chi connectivity index (χ0) is 20.1. The largest absolute Gasteiger partial charge is 0.376 e. The van der Waals surface area contributed by atoms with Crippen LogP contribution in [-0.2, 0) is 14.9 Å². The first kappa shape index (κ1) is 22.3. The molecule has 1 atom stereocenters. The summed E-state index contributed by atoms with van der Waals surface area (Å²) in [6.45, 7) is 3.69. The van der Waals surface area contributed by atoms with Gasteiger partial charge in [-0.25, -0.2) is 13.2 Å². The molecule has 26 heavy (non-hydrogen) atoms. The smallest absolute Gasteiger partial charge is 0.309 e. The molecular formula is C16H19F5O4S. The van der Waals surface area contributed by atoms with E-state index < -0.39 is 57.1 Å². The Morgan fingerprint density at radius 2 is 1.46 bits per heavy atom. The van der Waals surface area contributed by atoms with E-state index in [2.05, 4.69) is 4.18 Å². The van der Waals surface area contributed by atoms with Gasteiger partial charge in [0.05, 0.1) is 5.75 Å². The lowest BCUT2D eigenvalue weighted by Crippen LogP contribution is -2.22. The Hall–Kier alpha value is -1.71. The molecule has 0 bridgehead atoms. The number of rotatable bonds is 10. The Bertz CT molecular complexity index is 735. The minimum absolute atomic E-state index is 0.362. The van der Waals surface area contributed by atoms with Crippen LogP contribution in [0.25, 0.3) is 0 Å². The van der Waals surface area contributed by atoms with Crippen LogP contribution in [-0.4, -0.2) is 20.0 Å². The Labute approximate surface area is 148 Å². The molecule has 1 aromatic carbocycles. The average molecular weight is 402 g/mol. The van der Waals surface area contributed by atoms with E-state index in [1.165, 1.54) is 0 Å². The minimum atomic E-state index is -4.74. The zero-order valence-corrected chi connectivity index (χ0v) is 15.1. The SMILES string of the molecule is CCCCC(CC)C(=O)CCS(=O)(=O)Oc1c(F)c(F)c(F)c(F)c1F. The van der Waals surface area contributed by atoms with Crippen LogP contribution < -0.4 is 4.18 Å². The van der Waals surface area contributed by atoms with E-state index in [0.717, 1.165) is 12.8 Å². The maximum Gasteiger partial charge on any atom is 0.309 e. The summed E-state index contributed by atoms with van der Waals surface area (Å²) in [6, 6.07) is 0. The molecule has 0 spiro atoms. The molecular weight excluding hydrogens is 383 g/mol. The van der Waals surface area contributed by atoms with Crippen molar-refractivity contribution >= 4 is 15.9 Å².